The van der Waals surface area contributed by atoms with E-state index in [0.717, 1.165) is 11.4 Å². The Kier molecular flexibility index (Phi) is 6.04. The maximum absolute atomic E-state index is 12.4. The molecule has 4 nitrogen and oxygen atoms in total. The summed E-state index contributed by atoms with van der Waals surface area (Å²) >= 11 is 0. The second-order valence-electron chi connectivity index (χ2n) is 5.09. The van der Waals surface area contributed by atoms with Crippen LogP contribution in [0.2, 0.25) is 0 Å². The molecule has 0 aliphatic rings. The number of carbonyl (C=O) groups excluding carboxylic acids is 1. The predicted molar refractivity (Wildman–Crippen MR) is 96.7 cm³/mol. The van der Waals surface area contributed by atoms with Gasteiger partial charge in [0, 0.05) is 17.0 Å². The van der Waals surface area contributed by atoms with E-state index in [1.54, 1.807) is 31.2 Å². The van der Waals surface area contributed by atoms with Gasteiger partial charge >= 0.3 is 7.60 Å². The van der Waals surface area contributed by atoms with Crippen LogP contribution in [0, 0.1) is 0 Å². The van der Waals surface area contributed by atoms with E-state index in [2.05, 4.69) is 6.58 Å². The second kappa shape index (κ2) is 8.02. The number of ketones is 1. The zero-order valence-corrected chi connectivity index (χ0v) is 14.3. The van der Waals surface area contributed by atoms with Gasteiger partial charge in [-0.2, -0.15) is 0 Å². The molecule has 0 fully saturated rings. The molecule has 24 heavy (non-hydrogen) atoms. The number of hydrogen-bond donors (Lipinski definition) is 1. The van der Waals surface area contributed by atoms with Gasteiger partial charge in [0.05, 0.1) is 6.61 Å². The molecule has 0 spiro atoms. The van der Waals surface area contributed by atoms with E-state index in [4.69, 9.17) is 4.52 Å². The lowest BCUT2D eigenvalue weighted by Gasteiger charge is -2.06. The quantitative estimate of drug-likeness (QED) is 0.447. The van der Waals surface area contributed by atoms with Crippen molar-refractivity contribution in [2.24, 2.45) is 0 Å². The normalized spacial score (nSPS) is 13.6. The minimum absolute atomic E-state index is 0.154. The summed E-state index contributed by atoms with van der Waals surface area (Å²) in [5, 5.41) is 0. The van der Waals surface area contributed by atoms with Crippen LogP contribution < -0.4 is 0 Å². The van der Waals surface area contributed by atoms with E-state index in [1.165, 1.54) is 6.08 Å². The number of carbonyl (C=O) groups is 1. The van der Waals surface area contributed by atoms with Gasteiger partial charge in [-0.1, -0.05) is 61.2 Å². The SMILES string of the molecule is C=C(C(=O)c1ccc(C=CP(=O)(O)OCC)cc1)c1ccccc1. The molecule has 2 rings (SSSR count). The first-order valence-corrected chi connectivity index (χ1v) is 9.13. The van der Waals surface area contributed by atoms with E-state index in [0.29, 0.717) is 16.7 Å². The Morgan fingerprint density at radius 2 is 1.75 bits per heavy atom. The Morgan fingerprint density at radius 3 is 2.33 bits per heavy atom. The van der Waals surface area contributed by atoms with Crippen molar-refractivity contribution in [3.8, 4) is 0 Å². The predicted octanol–water partition coefficient (Wildman–Crippen LogP) is 4.78. The van der Waals surface area contributed by atoms with Crippen molar-refractivity contribution in [2.45, 2.75) is 6.92 Å². The van der Waals surface area contributed by atoms with Crippen LogP contribution in [0.5, 0.6) is 0 Å². The van der Waals surface area contributed by atoms with Gasteiger partial charge in [0.25, 0.3) is 0 Å². The van der Waals surface area contributed by atoms with Gasteiger partial charge < -0.3 is 9.42 Å². The van der Waals surface area contributed by atoms with Crippen molar-refractivity contribution >= 4 is 25.0 Å². The highest BCUT2D eigenvalue weighted by Crippen LogP contribution is 2.43. The van der Waals surface area contributed by atoms with Crippen LogP contribution in [-0.2, 0) is 9.09 Å². The van der Waals surface area contributed by atoms with E-state index < -0.39 is 7.60 Å². The van der Waals surface area contributed by atoms with Crippen LogP contribution in [0.1, 0.15) is 28.4 Å². The number of allylic oxidation sites excluding steroid dienone is 1. The van der Waals surface area contributed by atoms with Crippen molar-refractivity contribution < 1.29 is 18.8 Å². The third-order valence-corrected chi connectivity index (χ3v) is 4.49. The lowest BCUT2D eigenvalue weighted by Crippen LogP contribution is -2.01. The molecule has 2 aromatic rings. The molecule has 0 radical (unpaired) electrons. The molecule has 0 saturated carbocycles. The molecule has 0 saturated heterocycles. The molecule has 1 N–H and O–H groups in total. The molecular weight excluding hydrogens is 323 g/mol. The fraction of sp³-hybridized carbons (Fsp3) is 0.105. The topological polar surface area (TPSA) is 63.6 Å². The molecule has 1 unspecified atom stereocenters. The smallest absolute Gasteiger partial charge is 0.321 e. The van der Waals surface area contributed by atoms with Gasteiger partial charge in [-0.25, -0.2) is 0 Å². The van der Waals surface area contributed by atoms with Gasteiger partial charge in [-0.05, 0) is 24.1 Å². The van der Waals surface area contributed by atoms with Crippen molar-refractivity contribution in [1.29, 1.82) is 0 Å². The van der Waals surface area contributed by atoms with Crippen LogP contribution in [0.3, 0.4) is 0 Å². The van der Waals surface area contributed by atoms with Crippen LogP contribution in [0.15, 0.2) is 67.0 Å². The van der Waals surface area contributed by atoms with Gasteiger partial charge in [-0.15, -0.1) is 0 Å². The molecule has 5 heteroatoms. The minimum Gasteiger partial charge on any atom is -0.321 e. The lowest BCUT2D eigenvalue weighted by atomic mass is 9.98. The van der Waals surface area contributed by atoms with Gasteiger partial charge in [0.15, 0.2) is 5.78 Å². The van der Waals surface area contributed by atoms with Crippen LogP contribution in [-0.4, -0.2) is 17.3 Å². The first-order chi connectivity index (χ1) is 11.4. The summed E-state index contributed by atoms with van der Waals surface area (Å²) in [7, 11) is -3.71. The monoisotopic (exact) mass is 342 g/mol. The second-order valence-corrected chi connectivity index (χ2v) is 6.78. The summed E-state index contributed by atoms with van der Waals surface area (Å²) in [5.74, 6) is 0.981. The van der Waals surface area contributed by atoms with Gasteiger partial charge in [0.1, 0.15) is 0 Å². The molecule has 0 heterocycles. The molecule has 124 valence electrons. The highest BCUT2D eigenvalue weighted by Gasteiger charge is 2.13. The van der Waals surface area contributed by atoms with E-state index in [-0.39, 0.29) is 12.4 Å². The summed E-state index contributed by atoms with van der Waals surface area (Å²) in [6.07, 6.45) is 1.50. The first kappa shape index (κ1) is 18.1. The maximum Gasteiger partial charge on any atom is 0.351 e. The molecule has 2 aromatic carbocycles. The fourth-order valence-corrected chi connectivity index (χ4v) is 2.92. The van der Waals surface area contributed by atoms with Crippen LogP contribution in [0.25, 0.3) is 11.6 Å². The largest absolute Gasteiger partial charge is 0.351 e. The summed E-state index contributed by atoms with van der Waals surface area (Å²) in [6, 6.07) is 16.0. The summed E-state index contributed by atoms with van der Waals surface area (Å²) < 4.78 is 16.3. The molecule has 0 aliphatic heterocycles. The Hall–Kier alpha value is -2.26. The molecular formula is C19H19O4P. The zero-order valence-electron chi connectivity index (χ0n) is 13.4. The van der Waals surface area contributed by atoms with Crippen molar-refractivity contribution in [1.82, 2.24) is 0 Å². The van der Waals surface area contributed by atoms with E-state index >= 15 is 0 Å². The molecule has 0 bridgehead atoms. The van der Waals surface area contributed by atoms with Crippen molar-refractivity contribution in [2.75, 3.05) is 6.61 Å². The van der Waals surface area contributed by atoms with Crippen molar-refractivity contribution in [3.63, 3.8) is 0 Å². The van der Waals surface area contributed by atoms with E-state index in [1.807, 2.05) is 30.3 Å². The van der Waals surface area contributed by atoms with E-state index in [9.17, 15) is 14.3 Å². The van der Waals surface area contributed by atoms with Crippen LogP contribution in [0.4, 0.5) is 0 Å². The van der Waals surface area contributed by atoms with Gasteiger partial charge in [0.2, 0.25) is 0 Å². The molecule has 0 amide bonds. The summed E-state index contributed by atoms with van der Waals surface area (Å²) in [6.45, 7) is 5.67. The summed E-state index contributed by atoms with van der Waals surface area (Å²) in [4.78, 5) is 21.9. The standard InChI is InChI=1S/C19H19O4P/c1-3-23-24(21,22)14-13-16-9-11-18(12-10-16)19(20)15(2)17-7-5-4-6-8-17/h4-14H,2-3H2,1H3,(H,21,22). The third-order valence-electron chi connectivity index (χ3n) is 3.34. The average Bonchev–Trinajstić information content (AvgIpc) is 2.60. The molecule has 0 aromatic heterocycles. The Morgan fingerprint density at radius 1 is 1.12 bits per heavy atom. The zero-order chi connectivity index (χ0) is 17.6. The maximum atomic E-state index is 12.4. The number of benzene rings is 2. The third kappa shape index (κ3) is 4.87. The molecule has 1 atom stereocenters. The van der Waals surface area contributed by atoms with Crippen LogP contribution >= 0.6 is 7.60 Å². The van der Waals surface area contributed by atoms with Crippen molar-refractivity contribution in [3.05, 3.63) is 83.7 Å². The summed E-state index contributed by atoms with van der Waals surface area (Å²) in [5.41, 5.74) is 2.42. The Balaban J connectivity index is 2.12. The fourth-order valence-electron chi connectivity index (χ4n) is 2.10. The Bertz CT molecular complexity index is 792. The lowest BCUT2D eigenvalue weighted by molar-refractivity contribution is 0.105. The highest BCUT2D eigenvalue weighted by molar-refractivity contribution is 7.56. The number of hydrogen-bond acceptors (Lipinski definition) is 3. The van der Waals surface area contributed by atoms with Gasteiger partial charge in [-0.3, -0.25) is 9.36 Å². The average molecular weight is 342 g/mol. The Labute approximate surface area is 141 Å². The number of rotatable bonds is 7. The minimum atomic E-state index is -3.71. The number of Topliss-reactive ketones (excluding diaryl/α,β-unsaturated/α-hetero) is 1. The first-order valence-electron chi connectivity index (χ1n) is 7.48. The highest BCUT2D eigenvalue weighted by atomic mass is 31.2. The molecule has 0 aliphatic carbocycles.